The van der Waals surface area contributed by atoms with Gasteiger partial charge in [-0.25, -0.2) is 4.98 Å². The minimum absolute atomic E-state index is 0.172. The highest BCUT2D eigenvalue weighted by Crippen LogP contribution is 2.29. The van der Waals surface area contributed by atoms with Crippen LogP contribution >= 0.6 is 0 Å². The summed E-state index contributed by atoms with van der Waals surface area (Å²) in [5.74, 6) is -2.52. The number of nitriles is 1. The summed E-state index contributed by atoms with van der Waals surface area (Å²) in [7, 11) is 0. The molecule has 0 spiro atoms. The van der Waals surface area contributed by atoms with E-state index in [4.69, 9.17) is 0 Å². The molecule has 0 unspecified atom stereocenters. The van der Waals surface area contributed by atoms with Crippen LogP contribution in [0.25, 0.3) is 0 Å². The zero-order valence-corrected chi connectivity index (χ0v) is 13.0. The van der Waals surface area contributed by atoms with E-state index < -0.39 is 30.3 Å². The van der Waals surface area contributed by atoms with E-state index in [0.717, 1.165) is 16.3 Å². The number of hydrogen-bond donors (Lipinski definition) is 0. The molecule has 0 bridgehead atoms. The van der Waals surface area contributed by atoms with Crippen LogP contribution < -0.4 is 0 Å². The van der Waals surface area contributed by atoms with E-state index in [1.54, 1.807) is 37.3 Å². The van der Waals surface area contributed by atoms with E-state index >= 15 is 0 Å². The molecule has 0 N–H and O–H groups in total. The highest BCUT2D eigenvalue weighted by molar-refractivity contribution is 5.93. The molecule has 0 amide bonds. The zero-order valence-electron chi connectivity index (χ0n) is 13.0. The molecule has 2 atom stereocenters. The summed E-state index contributed by atoms with van der Waals surface area (Å²) in [6.45, 7) is 0.516. The number of aromatic nitrogens is 2. The first-order valence-corrected chi connectivity index (χ1v) is 7.43. The zero-order chi connectivity index (χ0) is 17.7. The normalized spacial score (nSPS) is 14.0. The number of carbonyl (C=O) groups is 1. The van der Waals surface area contributed by atoms with Gasteiger partial charge in [0.25, 0.3) is 0 Å². The van der Waals surface area contributed by atoms with E-state index in [9.17, 15) is 23.2 Å². The fraction of sp³-hybridized carbons (Fsp3) is 0.353. The first kappa shape index (κ1) is 17.7. The van der Waals surface area contributed by atoms with Crippen LogP contribution in [-0.4, -0.2) is 21.5 Å². The number of rotatable bonds is 6. The highest BCUT2D eigenvalue weighted by Gasteiger charge is 2.34. The number of imidazole rings is 1. The Balaban J connectivity index is 2.33. The molecule has 1 heterocycles. The number of carbonyl (C=O) groups excluding carboxylic acids is 1. The Labute approximate surface area is 137 Å². The number of halogens is 3. The van der Waals surface area contributed by atoms with Crippen LogP contribution in [0.2, 0.25) is 0 Å². The SMILES string of the molecule is CC[C@H](C(=O)[C@H](C#N)c1nccn1CC(F)(F)F)c1ccccc1. The molecule has 0 saturated carbocycles. The Kier molecular flexibility index (Phi) is 5.39. The van der Waals surface area contributed by atoms with Crippen molar-refractivity contribution in [3.63, 3.8) is 0 Å². The van der Waals surface area contributed by atoms with Gasteiger partial charge in [-0.1, -0.05) is 37.3 Å². The van der Waals surface area contributed by atoms with Crippen LogP contribution in [0.3, 0.4) is 0 Å². The van der Waals surface area contributed by atoms with Crippen LogP contribution in [0.4, 0.5) is 13.2 Å². The third-order valence-corrected chi connectivity index (χ3v) is 3.72. The number of Topliss-reactive ketones (excluding diaryl/α,β-unsaturated/α-hetero) is 1. The summed E-state index contributed by atoms with van der Waals surface area (Å²) >= 11 is 0. The maximum Gasteiger partial charge on any atom is 0.406 e. The van der Waals surface area contributed by atoms with Crippen molar-refractivity contribution in [2.24, 2.45) is 0 Å². The van der Waals surface area contributed by atoms with E-state index in [-0.39, 0.29) is 5.82 Å². The Morgan fingerprint density at radius 2 is 2.00 bits per heavy atom. The third kappa shape index (κ3) is 4.02. The number of hydrogen-bond acceptors (Lipinski definition) is 3. The first-order chi connectivity index (χ1) is 11.4. The molecule has 0 radical (unpaired) electrons. The van der Waals surface area contributed by atoms with Crippen LogP contribution in [0.15, 0.2) is 42.7 Å². The van der Waals surface area contributed by atoms with Crippen LogP contribution in [0, 0.1) is 11.3 Å². The molecule has 24 heavy (non-hydrogen) atoms. The average molecular weight is 335 g/mol. The maximum absolute atomic E-state index is 12.8. The van der Waals surface area contributed by atoms with Crippen molar-refractivity contribution in [2.45, 2.75) is 37.9 Å². The van der Waals surface area contributed by atoms with Gasteiger partial charge in [0.2, 0.25) is 0 Å². The molecule has 2 rings (SSSR count). The molecule has 1 aromatic heterocycles. The maximum atomic E-state index is 12.8. The van der Waals surface area contributed by atoms with Gasteiger partial charge in [-0.3, -0.25) is 4.79 Å². The lowest BCUT2D eigenvalue weighted by molar-refractivity contribution is -0.141. The summed E-state index contributed by atoms with van der Waals surface area (Å²) in [5.41, 5.74) is 0.735. The molecule has 7 heteroatoms. The van der Waals surface area contributed by atoms with E-state index in [2.05, 4.69) is 4.98 Å². The summed E-state index contributed by atoms with van der Waals surface area (Å²) in [6, 6.07) is 10.7. The quantitative estimate of drug-likeness (QED) is 0.806. The third-order valence-electron chi connectivity index (χ3n) is 3.72. The fourth-order valence-corrected chi connectivity index (χ4v) is 2.64. The molecule has 2 aromatic rings. The lowest BCUT2D eigenvalue weighted by Gasteiger charge is -2.18. The van der Waals surface area contributed by atoms with E-state index in [1.807, 2.05) is 6.07 Å². The standard InChI is InChI=1S/C17H16F3N3O/c1-2-13(12-6-4-3-5-7-12)15(24)14(10-21)16-22-8-9-23(16)11-17(18,19)20/h3-9,13-14H,2,11H2,1H3/t13-,14-/m0/s1. The Hall–Kier alpha value is -2.62. The second kappa shape index (κ2) is 7.30. The van der Waals surface area contributed by atoms with E-state index in [1.165, 1.54) is 6.20 Å². The second-order valence-electron chi connectivity index (χ2n) is 5.36. The smallest absolute Gasteiger partial charge is 0.324 e. The van der Waals surface area contributed by atoms with Crippen molar-refractivity contribution >= 4 is 5.78 Å². The summed E-state index contributed by atoms with van der Waals surface area (Å²) < 4.78 is 38.7. The number of alkyl halides is 3. The van der Waals surface area contributed by atoms with Gasteiger partial charge >= 0.3 is 6.18 Å². The average Bonchev–Trinajstić information content (AvgIpc) is 2.96. The largest absolute Gasteiger partial charge is 0.406 e. The van der Waals surface area contributed by atoms with Gasteiger partial charge < -0.3 is 4.57 Å². The van der Waals surface area contributed by atoms with Crippen LogP contribution in [0.5, 0.6) is 0 Å². The van der Waals surface area contributed by atoms with Gasteiger partial charge in [-0.2, -0.15) is 18.4 Å². The van der Waals surface area contributed by atoms with Gasteiger partial charge in [0, 0.05) is 18.3 Å². The van der Waals surface area contributed by atoms with Crippen molar-refractivity contribution in [1.82, 2.24) is 9.55 Å². The number of benzene rings is 1. The van der Waals surface area contributed by atoms with Crippen molar-refractivity contribution in [1.29, 1.82) is 5.26 Å². The predicted molar refractivity (Wildman–Crippen MR) is 81.1 cm³/mol. The molecule has 0 fully saturated rings. The van der Waals surface area contributed by atoms with Crippen molar-refractivity contribution < 1.29 is 18.0 Å². The van der Waals surface area contributed by atoms with Crippen molar-refractivity contribution in [3.8, 4) is 6.07 Å². The van der Waals surface area contributed by atoms with Crippen LogP contribution in [0.1, 0.15) is 36.6 Å². The van der Waals surface area contributed by atoms with Gasteiger partial charge in [0.05, 0.1) is 6.07 Å². The summed E-state index contributed by atoms with van der Waals surface area (Å²) in [4.78, 5) is 16.6. The van der Waals surface area contributed by atoms with Gasteiger partial charge in [-0.15, -0.1) is 0 Å². The molecule has 0 aliphatic rings. The molecular formula is C17H16F3N3O. The Morgan fingerprint density at radius 3 is 2.54 bits per heavy atom. The minimum Gasteiger partial charge on any atom is -0.324 e. The Morgan fingerprint density at radius 1 is 1.33 bits per heavy atom. The molecule has 0 saturated heterocycles. The topological polar surface area (TPSA) is 58.7 Å². The fourth-order valence-electron chi connectivity index (χ4n) is 2.64. The highest BCUT2D eigenvalue weighted by atomic mass is 19.4. The first-order valence-electron chi connectivity index (χ1n) is 7.43. The van der Waals surface area contributed by atoms with Gasteiger partial charge in [0.15, 0.2) is 11.7 Å². The minimum atomic E-state index is -4.46. The number of nitrogens with zero attached hydrogens (tertiary/aromatic N) is 3. The van der Waals surface area contributed by atoms with Gasteiger partial charge in [-0.05, 0) is 12.0 Å². The van der Waals surface area contributed by atoms with E-state index in [0.29, 0.717) is 6.42 Å². The molecule has 4 nitrogen and oxygen atoms in total. The lowest BCUT2D eigenvalue weighted by Crippen LogP contribution is -2.25. The second-order valence-corrected chi connectivity index (χ2v) is 5.36. The molecule has 0 aliphatic heterocycles. The lowest BCUT2D eigenvalue weighted by atomic mass is 9.85. The number of ketones is 1. The van der Waals surface area contributed by atoms with Crippen molar-refractivity contribution in [2.75, 3.05) is 0 Å². The molecule has 1 aromatic carbocycles. The van der Waals surface area contributed by atoms with Crippen molar-refractivity contribution in [3.05, 3.63) is 54.1 Å². The predicted octanol–water partition coefficient (Wildman–Crippen LogP) is 3.82. The summed E-state index contributed by atoms with van der Waals surface area (Å²) in [6.07, 6.45) is -1.71. The molecular weight excluding hydrogens is 319 g/mol. The van der Waals surface area contributed by atoms with Gasteiger partial charge in [0.1, 0.15) is 12.4 Å². The Bertz CT molecular complexity index is 732. The van der Waals surface area contributed by atoms with Crippen LogP contribution in [-0.2, 0) is 11.3 Å². The molecule has 126 valence electrons. The molecule has 0 aliphatic carbocycles. The monoisotopic (exact) mass is 335 g/mol. The summed E-state index contributed by atoms with van der Waals surface area (Å²) in [5, 5.41) is 9.38.